The van der Waals surface area contributed by atoms with Crippen LogP contribution in [0.4, 0.5) is 39.8 Å². The Kier molecular flexibility index (Phi) is 28.8. The molecule has 5 aromatic heterocycles. The molecule has 139 heavy (non-hydrogen) atoms. The monoisotopic (exact) mass is 1980 g/mol. The molecule has 0 bridgehead atoms. The second-order valence-corrected chi connectivity index (χ2v) is 27.3. The molecule has 0 radical (unpaired) electrons. The van der Waals surface area contributed by atoms with Gasteiger partial charge in [0.25, 0.3) is 39.3 Å². The first-order valence-electron chi connectivity index (χ1n) is 52.5. The lowest BCUT2D eigenvalue weighted by Gasteiger charge is -2.24. The van der Waals surface area contributed by atoms with Crippen molar-refractivity contribution < 1.29 is 134 Å². The largest absolute Gasteiger partial charge is 0.477 e. The first-order chi connectivity index (χ1) is 74.8. The molecule has 5 heterocycles. The van der Waals surface area contributed by atoms with Gasteiger partial charge in [-0.05, 0) is 123 Å². The normalized spacial score (nSPS) is 25.5. The molecule has 46 heteroatoms. The van der Waals surface area contributed by atoms with Gasteiger partial charge < -0.3 is 42.9 Å². The fourth-order valence-corrected chi connectivity index (χ4v) is 12.1. The number of benzene rings is 6. The van der Waals surface area contributed by atoms with Crippen LogP contribution >= 0.6 is 9.03 Å². The highest BCUT2D eigenvalue weighted by atomic mass is 31.0. The molecule has 45 nitrogen and oxygen atoms in total. The summed E-state index contributed by atoms with van der Waals surface area (Å²) < 4.78 is 256. The van der Waals surface area contributed by atoms with Gasteiger partial charge in [-0.2, -0.15) is 0 Å². The van der Waals surface area contributed by atoms with E-state index in [4.69, 9.17) is 63.7 Å². The third kappa shape index (κ3) is 29.2. The third-order valence-electron chi connectivity index (χ3n) is 17.6. The van der Waals surface area contributed by atoms with E-state index in [0.29, 0.717) is 18.3 Å². The number of nitrogens with zero attached hydrogens (tertiary/aromatic N) is 13. The fraction of sp³-hybridized carbons (Fsp3) is 0.366. The summed E-state index contributed by atoms with van der Waals surface area (Å²) in [6, 6.07) is 8.78. The zero-order chi connectivity index (χ0) is 126. The first kappa shape index (κ1) is 76.0. The van der Waals surface area contributed by atoms with E-state index in [1.165, 1.54) is 146 Å². The number of aromatic carboxylic acids is 1. The number of carbonyl (C=O) groups is 13. The van der Waals surface area contributed by atoms with E-state index in [9.17, 15) is 117 Å². The minimum absolute atomic E-state index is 0. The molecule has 16 rings (SSSR count). The standard InChI is InChI=1S/C15H13N3O5.3C15H15N3O3.C9H6N2O4.C7H6N2O4.C6H9NO2.C4H6O3.CH4NP.6CH4/c1-8-16-10-3-2-4-12(18(22)23)14(10)15(21)17(8)11-6-5-9(19)7-13(11)20;3*1-8-17-11-4-2-3-10(16)14(11)15(21)18(8)12-6-5-9(19)7-13(12)20;1-5-10-6-3-2-4-7(11(13)14)8(6)9(12)15-5;8-4-2-1-3-5(9(12)13)6(4)7(10)11;7-5-2-1-4(8)3-6(5)9;1-3(5)7-4(2)6;1-2-3;;;;;;/h2-4,11H,5-7H2,1H3;3*2-4,12H,5-7,16H2,1H3;2-4H,1H3;1-3H,8H2,(H,10,11);5H,1-3,7H2;1-2H3;3H,1H3;6*1H4/t;2*12-;;;;;;;;;;;;/m.10............/s1/i5D2,6D2,11D;3*5D2,6D2,12D;;;1D2,2D2,5D;;;;;;;;/hD6. The van der Waals surface area contributed by atoms with E-state index < -0.39 is 267 Å². The van der Waals surface area contributed by atoms with Gasteiger partial charge in [-0.25, -0.2) is 34.5 Å². The number of hydrogen-bond donors (Lipinski definition) is 6. The molecule has 11 N–H and O–H groups in total. The summed E-state index contributed by atoms with van der Waals surface area (Å²) in [5, 5.41) is 39.4. The molecular formula is C93H113N18O27P. The van der Waals surface area contributed by atoms with E-state index in [-0.39, 0.29) is 168 Å². The number of aromatic nitrogens is 9. The fourth-order valence-electron chi connectivity index (χ4n) is 12.1. The maximum atomic E-state index is 13.2. The van der Waals surface area contributed by atoms with Crippen molar-refractivity contribution in [3.63, 3.8) is 0 Å². The van der Waals surface area contributed by atoms with Gasteiger partial charge >= 0.3 is 23.5 Å². The van der Waals surface area contributed by atoms with Crippen molar-refractivity contribution in [1.82, 2.24) is 43.2 Å². The lowest BCUT2D eigenvalue weighted by Crippen LogP contribution is -2.36. The first-order valence-corrected chi connectivity index (χ1v) is 37.8. The summed E-state index contributed by atoms with van der Waals surface area (Å²) in [6.45, 7) is 8.81. The quantitative estimate of drug-likeness (QED) is 0.0175. The Bertz CT molecular complexity index is 8120. The molecule has 0 aliphatic heterocycles. The molecule has 5 fully saturated rings. The number of nitro groups is 3. The van der Waals surface area contributed by atoms with Gasteiger partial charge in [-0.3, -0.25) is 130 Å². The van der Waals surface area contributed by atoms with Crippen molar-refractivity contribution >= 4 is 179 Å². The number of non-ortho nitro benzene ring substituents is 2. The van der Waals surface area contributed by atoms with Crippen molar-refractivity contribution in [1.29, 1.82) is 0 Å². The smallest absolute Gasteiger partial charge is 0.353 e. The molecule has 0 spiro atoms. The summed E-state index contributed by atoms with van der Waals surface area (Å²) in [6.07, 6.45) is -37.4. The number of carbonyl (C=O) groups excluding carboxylic acids is 12. The molecule has 5 saturated carbocycles. The minimum atomic E-state index is -3.44. The highest BCUT2D eigenvalue weighted by Gasteiger charge is 2.36. The van der Waals surface area contributed by atoms with Crippen LogP contribution in [0.15, 0.2) is 142 Å². The zero-order valence-corrected chi connectivity index (χ0v) is 70.8. The van der Waals surface area contributed by atoms with Gasteiger partial charge in [0.1, 0.15) is 57.6 Å². The molecule has 5 aliphatic rings. The topological polar surface area (TPSA) is 706 Å². The van der Waals surface area contributed by atoms with Gasteiger partial charge in [0.2, 0.25) is 0 Å². The lowest BCUT2D eigenvalue weighted by atomic mass is 9.92. The molecular weight excluding hydrogens is 1830 g/mol. The van der Waals surface area contributed by atoms with Crippen molar-refractivity contribution in [2.24, 2.45) is 10.5 Å². The number of fused-ring (bicyclic) bond motifs is 5. The van der Waals surface area contributed by atoms with Crippen LogP contribution in [0, 0.1) is 65.0 Å². The van der Waals surface area contributed by atoms with Crippen LogP contribution in [0.2, 0.25) is 8.47 Å². The average Bonchev–Trinajstić information content (AvgIpc) is 0.699. The maximum Gasteiger partial charge on any atom is 0.353 e. The van der Waals surface area contributed by atoms with Crippen molar-refractivity contribution in [3.8, 4) is 0 Å². The van der Waals surface area contributed by atoms with Crippen LogP contribution in [0.25, 0.3) is 54.5 Å². The van der Waals surface area contributed by atoms with E-state index in [2.05, 4.69) is 43.4 Å². The number of ketones is 10. The van der Waals surface area contributed by atoms with E-state index in [0.717, 1.165) is 12.1 Å². The van der Waals surface area contributed by atoms with Crippen LogP contribution < -0.4 is 56.5 Å². The number of ether oxygens (including phenoxy) is 1. The second-order valence-electron chi connectivity index (χ2n) is 26.9. The number of carboxylic acids is 1. The molecule has 5 aliphatic carbocycles. The van der Waals surface area contributed by atoms with Crippen LogP contribution in [0.5, 0.6) is 0 Å². The predicted octanol–water partition coefficient (Wildman–Crippen LogP) is 11.7. The van der Waals surface area contributed by atoms with Crippen molar-refractivity contribution in [3.05, 3.63) is 226 Å². The molecule has 3 unspecified atom stereocenters. The summed E-state index contributed by atoms with van der Waals surface area (Å²) in [5.41, 5.74) is 3.28. The van der Waals surface area contributed by atoms with Gasteiger partial charge in [0, 0.05) is 122 Å². The molecule has 6 aromatic carbocycles. The van der Waals surface area contributed by atoms with E-state index >= 15 is 0 Å². The van der Waals surface area contributed by atoms with Crippen LogP contribution in [0.1, 0.15) is 252 Å². The lowest BCUT2D eigenvalue weighted by molar-refractivity contribution is -0.385. The molecule has 0 amide bonds. The van der Waals surface area contributed by atoms with E-state index in [1.54, 1.807) is 7.05 Å². The van der Waals surface area contributed by atoms with Gasteiger partial charge in [0.05, 0.1) is 133 Å². The molecule has 11 aromatic rings. The second kappa shape index (κ2) is 52.6. The van der Waals surface area contributed by atoms with Crippen LogP contribution in [0.3, 0.4) is 0 Å². The van der Waals surface area contributed by atoms with Crippen LogP contribution in [-0.2, 0) is 62.3 Å². The maximum absolute atomic E-state index is 13.2. The number of anilines is 4. The highest BCUT2D eigenvalue weighted by molar-refractivity contribution is 7.03. The average molecular weight is 1980 g/mol. The molecule has 742 valence electrons. The minimum Gasteiger partial charge on any atom is -0.477 e. The van der Waals surface area contributed by atoms with Crippen LogP contribution in [-0.4, -0.2) is 152 Å². The number of hydrogen-bond acceptors (Lipinski definition) is 37. The van der Waals surface area contributed by atoms with Gasteiger partial charge in [-0.15, -0.1) is 0 Å². The number of carboxylic acid groups (broad SMARTS) is 1. The number of nitro benzene ring substituents is 3. The van der Waals surface area contributed by atoms with Gasteiger partial charge in [-0.1, -0.05) is 81.0 Å². The number of aryl methyl sites for hydroxylation is 5. The SMILES string of the molecule is C.C.C.C.C.C.CC(=O)OC(C)=O.CN=P.Cc1nc2cccc([N+](=O)[O-])c2c(=O)o1.Nc1cccc([N+](=O)[O-])c1C(=O)O.[2H]C1([2H])C(=O)CC(=O)C([2H])(N)C1([2H])[2H].[2H]C1([2H])C(=O)CC(=O)C([2H])(n2c(C)nc3cccc([N+](=O)[O-])c3c2=O)C1([2H])[2H].[2H]N([2H])c1cccc2nc(C)n(C3([2H])C(=O)CC(=O)C([2H])([2H])C3([2H])[2H])c(=O)c12.[2H]N([2H])c1cccc2nc(C)n([C@@]3([2H])C(=O)CC(=O)C([2H])([2H])C3([2H])[2H])c(=O)c12.[2H]N([2H])c1cccc2nc(C)n([C@]3([2H])C(=O)CC(=O)C([2H])([2H])C3([2H])[2H])c(=O)c12. The Morgan fingerprint density at radius 1 is 0.432 bits per heavy atom. The summed E-state index contributed by atoms with van der Waals surface area (Å²) in [7, 11) is 4.47. The number of esters is 2. The Labute approximate surface area is 840 Å². The molecule has 0 saturated heterocycles. The number of Topliss-reactive ketones (excluding diaryl/α,β-unsaturated/α-hetero) is 10. The Morgan fingerprint density at radius 2 is 0.683 bits per heavy atom. The van der Waals surface area contributed by atoms with E-state index in [1.807, 2.05) is 0 Å². The predicted molar refractivity (Wildman–Crippen MR) is 522 cm³/mol. The van der Waals surface area contributed by atoms with Crippen molar-refractivity contribution in [2.45, 2.75) is 219 Å². The number of nitrogens with two attached hydrogens (primary N) is 5. The Balaban J connectivity index is 0.000000667. The summed E-state index contributed by atoms with van der Waals surface area (Å²) >= 11 is 0. The Hall–Kier alpha value is -16.2. The van der Waals surface area contributed by atoms with Gasteiger partial charge in [0.15, 0.2) is 54.2 Å². The summed E-state index contributed by atoms with van der Waals surface area (Å²) in [5.74, 6) is -16.1. The molecule has 5 atom stereocenters. The zero-order valence-electron chi connectivity index (χ0n) is 101. The number of rotatable bonds is 11. The van der Waals surface area contributed by atoms with Crippen molar-refractivity contribution in [2.75, 3.05) is 29.9 Å². The summed E-state index contributed by atoms with van der Waals surface area (Å²) in [4.78, 5) is 265. The third-order valence-corrected chi connectivity index (χ3v) is 17.6. The number of nitrogen functional groups attached to an aromatic ring is 4. The highest BCUT2D eigenvalue weighted by Crippen LogP contribution is 2.32. The Morgan fingerprint density at radius 3 is 0.964 bits per heavy atom.